The first-order valence-electron chi connectivity index (χ1n) is 11.5. The second-order valence-electron chi connectivity index (χ2n) is 9.43. The monoisotopic (exact) mass is 479 g/mol. The van der Waals surface area contributed by atoms with Crippen LogP contribution in [0.5, 0.6) is 0 Å². The Hall–Kier alpha value is -3.95. The van der Waals surface area contributed by atoms with E-state index in [1.807, 2.05) is 45.0 Å². The molecule has 10 heteroatoms. The van der Waals surface area contributed by atoms with Gasteiger partial charge in [-0.15, -0.1) is 5.10 Å². The average Bonchev–Trinajstić information content (AvgIpc) is 3.21. The second kappa shape index (κ2) is 10.1. The molecule has 3 aromatic rings. The molecule has 0 saturated carbocycles. The molecular formula is C25H29N5O5. The van der Waals surface area contributed by atoms with Crippen LogP contribution in [0.3, 0.4) is 0 Å². The molecule has 2 aromatic carbocycles. The lowest BCUT2D eigenvalue weighted by Gasteiger charge is -2.33. The molecule has 1 aliphatic heterocycles. The summed E-state index contributed by atoms with van der Waals surface area (Å²) >= 11 is 0. The van der Waals surface area contributed by atoms with Gasteiger partial charge in [-0.25, -0.2) is 14.3 Å². The number of aromatic nitrogens is 3. The van der Waals surface area contributed by atoms with Gasteiger partial charge in [0.2, 0.25) is 5.91 Å². The van der Waals surface area contributed by atoms with Crippen LogP contribution in [0.15, 0.2) is 48.5 Å². The molecule has 0 atom stereocenters. The molecule has 1 aromatic heterocycles. The number of para-hydroxylation sites is 1. The molecule has 4 rings (SSSR count). The Morgan fingerprint density at radius 1 is 1.03 bits per heavy atom. The quantitative estimate of drug-likeness (QED) is 0.556. The second-order valence-corrected chi connectivity index (χ2v) is 9.43. The molecule has 0 radical (unpaired) electrons. The Morgan fingerprint density at radius 3 is 2.40 bits per heavy atom. The molecule has 2 heterocycles. The number of fused-ring (bicyclic) bond motifs is 1. The number of carbonyl (C=O) groups excluding carboxylic acids is 3. The minimum Gasteiger partial charge on any atom is -0.459 e. The van der Waals surface area contributed by atoms with Crippen molar-refractivity contribution in [2.75, 3.05) is 18.4 Å². The van der Waals surface area contributed by atoms with Crippen LogP contribution in [0.25, 0.3) is 11.0 Å². The number of rotatable bonds is 5. The first-order chi connectivity index (χ1) is 16.7. The summed E-state index contributed by atoms with van der Waals surface area (Å²) in [5.41, 5.74) is 1.90. The van der Waals surface area contributed by atoms with Gasteiger partial charge in [-0.05, 0) is 57.2 Å². The van der Waals surface area contributed by atoms with Gasteiger partial charge in [-0.3, -0.25) is 4.79 Å². The average molecular weight is 480 g/mol. The van der Waals surface area contributed by atoms with Crippen LogP contribution in [-0.2, 0) is 20.8 Å². The van der Waals surface area contributed by atoms with Gasteiger partial charge >= 0.3 is 12.1 Å². The molecular weight excluding hydrogens is 450 g/mol. The van der Waals surface area contributed by atoms with Crippen molar-refractivity contribution in [1.82, 2.24) is 19.9 Å². The first-order valence-corrected chi connectivity index (χ1v) is 11.5. The van der Waals surface area contributed by atoms with Crippen LogP contribution in [0.1, 0.15) is 44.0 Å². The highest BCUT2D eigenvalue weighted by molar-refractivity contribution is 5.93. The third-order valence-corrected chi connectivity index (χ3v) is 5.49. The summed E-state index contributed by atoms with van der Waals surface area (Å²) in [6.45, 7) is 6.45. The van der Waals surface area contributed by atoms with Gasteiger partial charge < -0.3 is 19.7 Å². The van der Waals surface area contributed by atoms with E-state index in [9.17, 15) is 14.4 Å². The summed E-state index contributed by atoms with van der Waals surface area (Å²) in [7, 11) is 0. The maximum Gasteiger partial charge on any atom is 0.410 e. The van der Waals surface area contributed by atoms with Crippen molar-refractivity contribution in [3.05, 3.63) is 54.1 Å². The van der Waals surface area contributed by atoms with Gasteiger partial charge in [-0.2, -0.15) is 0 Å². The number of benzene rings is 2. The highest BCUT2D eigenvalue weighted by atomic mass is 16.6. The lowest BCUT2D eigenvalue weighted by molar-refractivity contribution is -0.116. The maximum atomic E-state index is 12.6. The summed E-state index contributed by atoms with van der Waals surface area (Å²) in [6, 6.07) is 13.9. The smallest absolute Gasteiger partial charge is 0.410 e. The van der Waals surface area contributed by atoms with Crippen LogP contribution in [0.2, 0.25) is 0 Å². The topological polar surface area (TPSA) is 116 Å². The fourth-order valence-electron chi connectivity index (χ4n) is 3.76. The fraction of sp³-hybridized carbons (Fsp3) is 0.400. The SMILES string of the molecule is CC(C)(C)OC(=O)N1CCC(OC(=O)c2ccc(NC(=O)Cn3nnc4ccccc43)cc2)CC1. The maximum absolute atomic E-state index is 12.6. The fourth-order valence-corrected chi connectivity index (χ4v) is 3.76. The van der Waals surface area contributed by atoms with E-state index in [0.29, 0.717) is 37.2 Å². The number of anilines is 1. The van der Waals surface area contributed by atoms with E-state index in [1.54, 1.807) is 29.2 Å². The predicted molar refractivity (Wildman–Crippen MR) is 129 cm³/mol. The van der Waals surface area contributed by atoms with E-state index >= 15 is 0 Å². The van der Waals surface area contributed by atoms with Gasteiger partial charge in [-0.1, -0.05) is 17.3 Å². The van der Waals surface area contributed by atoms with Crippen molar-refractivity contribution in [3.8, 4) is 0 Å². The van der Waals surface area contributed by atoms with Gasteiger partial charge in [0.05, 0.1) is 11.1 Å². The minimum atomic E-state index is -0.545. The molecule has 0 spiro atoms. The Balaban J connectivity index is 1.25. The molecule has 10 nitrogen and oxygen atoms in total. The van der Waals surface area contributed by atoms with Crippen molar-refractivity contribution < 1.29 is 23.9 Å². The third-order valence-electron chi connectivity index (χ3n) is 5.49. The summed E-state index contributed by atoms with van der Waals surface area (Å²) in [5.74, 6) is -0.694. The number of amides is 2. The number of hydrogen-bond acceptors (Lipinski definition) is 7. The van der Waals surface area contributed by atoms with E-state index in [0.717, 1.165) is 11.0 Å². The number of carbonyl (C=O) groups is 3. The van der Waals surface area contributed by atoms with Crippen LogP contribution >= 0.6 is 0 Å². The summed E-state index contributed by atoms with van der Waals surface area (Å²) in [4.78, 5) is 38.8. The number of piperidine rings is 1. The van der Waals surface area contributed by atoms with Crippen molar-refractivity contribution in [1.29, 1.82) is 0 Å². The Bertz CT molecular complexity index is 1210. The molecule has 35 heavy (non-hydrogen) atoms. The Kier molecular flexibility index (Phi) is 6.99. The molecule has 2 amide bonds. The Labute approximate surface area is 203 Å². The Morgan fingerprint density at radius 2 is 1.71 bits per heavy atom. The summed E-state index contributed by atoms with van der Waals surface area (Å²) < 4.78 is 12.5. The number of nitrogens with one attached hydrogen (secondary N) is 1. The third kappa shape index (κ3) is 6.34. The first kappa shape index (κ1) is 24.2. The lowest BCUT2D eigenvalue weighted by Crippen LogP contribution is -2.43. The summed E-state index contributed by atoms with van der Waals surface area (Å²) in [5, 5.41) is 10.9. The zero-order valence-corrected chi connectivity index (χ0v) is 20.1. The van der Waals surface area contributed by atoms with Crippen LogP contribution in [0, 0.1) is 0 Å². The molecule has 1 N–H and O–H groups in total. The molecule has 0 unspecified atom stereocenters. The molecule has 0 bridgehead atoms. The predicted octanol–water partition coefficient (Wildman–Crippen LogP) is 3.63. The largest absolute Gasteiger partial charge is 0.459 e. The lowest BCUT2D eigenvalue weighted by atomic mass is 10.1. The number of hydrogen-bond donors (Lipinski definition) is 1. The van der Waals surface area contributed by atoms with Crippen LogP contribution in [-0.4, -0.2) is 62.7 Å². The highest BCUT2D eigenvalue weighted by Gasteiger charge is 2.28. The standard InChI is InChI=1S/C25H29N5O5/c1-25(2,3)35-24(33)29-14-12-19(13-15-29)34-23(32)17-8-10-18(11-9-17)26-22(31)16-30-21-7-5-4-6-20(21)27-28-30/h4-11,19H,12-16H2,1-3H3,(H,26,31). The number of esters is 1. The van der Waals surface area contributed by atoms with Crippen molar-refractivity contribution in [2.24, 2.45) is 0 Å². The van der Waals surface area contributed by atoms with Gasteiger partial charge in [0.1, 0.15) is 23.8 Å². The molecule has 184 valence electrons. The highest BCUT2D eigenvalue weighted by Crippen LogP contribution is 2.19. The summed E-state index contributed by atoms with van der Waals surface area (Å²) in [6.07, 6.45) is 0.488. The molecule has 1 fully saturated rings. The van der Waals surface area contributed by atoms with Crippen molar-refractivity contribution in [3.63, 3.8) is 0 Å². The molecule has 1 aliphatic rings. The van der Waals surface area contributed by atoms with E-state index in [4.69, 9.17) is 9.47 Å². The number of ether oxygens (including phenoxy) is 2. The van der Waals surface area contributed by atoms with Gasteiger partial charge in [0.15, 0.2) is 0 Å². The zero-order valence-electron chi connectivity index (χ0n) is 20.1. The van der Waals surface area contributed by atoms with E-state index in [-0.39, 0.29) is 24.6 Å². The minimum absolute atomic E-state index is 0.0201. The van der Waals surface area contributed by atoms with Crippen LogP contribution in [0.4, 0.5) is 10.5 Å². The van der Waals surface area contributed by atoms with Crippen LogP contribution < -0.4 is 5.32 Å². The van der Waals surface area contributed by atoms with Crippen molar-refractivity contribution >= 4 is 34.7 Å². The molecule has 1 saturated heterocycles. The van der Waals surface area contributed by atoms with Crippen molar-refractivity contribution in [2.45, 2.75) is 51.9 Å². The van der Waals surface area contributed by atoms with E-state index < -0.39 is 11.6 Å². The zero-order chi connectivity index (χ0) is 25.0. The number of nitrogens with zero attached hydrogens (tertiary/aromatic N) is 4. The molecule has 0 aliphatic carbocycles. The normalized spacial score (nSPS) is 14.5. The van der Waals surface area contributed by atoms with Gasteiger partial charge in [0, 0.05) is 31.6 Å². The van der Waals surface area contributed by atoms with E-state index in [2.05, 4.69) is 15.6 Å². The van der Waals surface area contributed by atoms with Gasteiger partial charge in [0.25, 0.3) is 0 Å². The van der Waals surface area contributed by atoms with E-state index in [1.165, 1.54) is 4.68 Å². The number of likely N-dealkylation sites (tertiary alicyclic amines) is 1.